The van der Waals surface area contributed by atoms with Gasteiger partial charge in [0.1, 0.15) is 11.9 Å². The predicted molar refractivity (Wildman–Crippen MR) is 109 cm³/mol. The minimum Gasteiger partial charge on any atom is -0.462 e. The van der Waals surface area contributed by atoms with E-state index in [1.807, 2.05) is 0 Å². The number of halogens is 2. The van der Waals surface area contributed by atoms with Gasteiger partial charge >= 0.3 is 5.97 Å². The Bertz CT molecular complexity index is 1010. The molecule has 0 aliphatic heterocycles. The number of anilines is 2. The molecule has 156 valence electrons. The maximum Gasteiger partial charge on any atom is 0.339 e. The fourth-order valence-electron chi connectivity index (χ4n) is 2.61. The van der Waals surface area contributed by atoms with Crippen molar-refractivity contribution in [1.29, 1.82) is 0 Å². The molecule has 2 aromatic rings. The Balaban J connectivity index is 2.29. The van der Waals surface area contributed by atoms with Gasteiger partial charge in [-0.05, 0) is 56.3 Å². The van der Waals surface area contributed by atoms with Crippen molar-refractivity contribution < 1.29 is 27.1 Å². The summed E-state index contributed by atoms with van der Waals surface area (Å²) in [5.74, 6) is -1.84. The van der Waals surface area contributed by atoms with E-state index in [1.165, 1.54) is 37.3 Å². The number of nitrogens with zero attached hydrogens (tertiary/aromatic N) is 1. The molecule has 1 N–H and O–H groups in total. The summed E-state index contributed by atoms with van der Waals surface area (Å²) in [4.78, 5) is 24.6. The number of ether oxygens (including phenoxy) is 1. The molecule has 0 saturated heterocycles. The highest BCUT2D eigenvalue weighted by molar-refractivity contribution is 7.92. The van der Waals surface area contributed by atoms with Gasteiger partial charge in [-0.1, -0.05) is 11.6 Å². The molecule has 0 aromatic heterocycles. The summed E-state index contributed by atoms with van der Waals surface area (Å²) in [5.41, 5.74) is 0.444. The zero-order valence-corrected chi connectivity index (χ0v) is 17.6. The molecule has 2 rings (SSSR count). The van der Waals surface area contributed by atoms with Crippen molar-refractivity contribution in [2.45, 2.75) is 19.9 Å². The van der Waals surface area contributed by atoms with Gasteiger partial charge in [-0.15, -0.1) is 0 Å². The fourth-order valence-corrected chi connectivity index (χ4v) is 3.98. The number of carbonyl (C=O) groups is 2. The highest BCUT2D eigenvalue weighted by Gasteiger charge is 2.29. The maximum absolute atomic E-state index is 13.2. The van der Waals surface area contributed by atoms with Gasteiger partial charge in [0, 0.05) is 5.69 Å². The normalized spacial score (nSPS) is 12.2. The Hall–Kier alpha value is -2.65. The van der Waals surface area contributed by atoms with Crippen LogP contribution >= 0.6 is 11.6 Å². The summed E-state index contributed by atoms with van der Waals surface area (Å²) in [7, 11) is -3.85. The first-order valence-electron chi connectivity index (χ1n) is 8.57. The van der Waals surface area contributed by atoms with Gasteiger partial charge in [-0.3, -0.25) is 9.10 Å². The highest BCUT2D eigenvalue weighted by Crippen LogP contribution is 2.24. The van der Waals surface area contributed by atoms with Crippen molar-refractivity contribution in [3.05, 3.63) is 58.9 Å². The first-order valence-corrected chi connectivity index (χ1v) is 10.8. The molecule has 0 aliphatic rings. The number of hydrogen-bond acceptors (Lipinski definition) is 5. The third-order valence-corrected chi connectivity index (χ3v) is 5.47. The van der Waals surface area contributed by atoms with Gasteiger partial charge in [0.25, 0.3) is 0 Å². The summed E-state index contributed by atoms with van der Waals surface area (Å²) < 4.78 is 43.5. The zero-order chi connectivity index (χ0) is 21.8. The molecule has 1 amide bonds. The Morgan fingerprint density at radius 3 is 2.38 bits per heavy atom. The fraction of sp³-hybridized carbons (Fsp3) is 0.263. The smallest absolute Gasteiger partial charge is 0.339 e. The van der Waals surface area contributed by atoms with Crippen LogP contribution in [0.2, 0.25) is 5.02 Å². The number of nitrogens with one attached hydrogen (secondary N) is 1. The van der Waals surface area contributed by atoms with Crippen LogP contribution < -0.4 is 9.62 Å². The minimum absolute atomic E-state index is 0.0671. The van der Waals surface area contributed by atoms with Crippen LogP contribution in [0.3, 0.4) is 0 Å². The zero-order valence-electron chi connectivity index (χ0n) is 16.0. The number of carbonyl (C=O) groups excluding carboxylic acids is 2. The molecular formula is C19H20ClFN2O5S. The Morgan fingerprint density at radius 2 is 1.83 bits per heavy atom. The summed E-state index contributed by atoms with van der Waals surface area (Å²) in [6.45, 7) is 3.19. The molecule has 1 unspecified atom stereocenters. The maximum atomic E-state index is 13.2. The summed E-state index contributed by atoms with van der Waals surface area (Å²) in [5, 5.41) is 2.71. The quantitative estimate of drug-likeness (QED) is 0.663. The van der Waals surface area contributed by atoms with Crippen molar-refractivity contribution >= 4 is 44.9 Å². The van der Waals surface area contributed by atoms with E-state index in [1.54, 1.807) is 6.92 Å². The largest absolute Gasteiger partial charge is 0.462 e. The lowest BCUT2D eigenvalue weighted by Crippen LogP contribution is -2.45. The van der Waals surface area contributed by atoms with Crippen molar-refractivity contribution in [2.75, 3.05) is 22.5 Å². The van der Waals surface area contributed by atoms with E-state index in [9.17, 15) is 22.4 Å². The van der Waals surface area contributed by atoms with E-state index in [4.69, 9.17) is 16.3 Å². The number of hydrogen-bond donors (Lipinski definition) is 1. The van der Waals surface area contributed by atoms with Crippen LogP contribution in [0.1, 0.15) is 24.2 Å². The average Bonchev–Trinajstić information content (AvgIpc) is 2.64. The van der Waals surface area contributed by atoms with E-state index in [0.717, 1.165) is 22.7 Å². The lowest BCUT2D eigenvalue weighted by molar-refractivity contribution is -0.116. The second-order valence-corrected chi connectivity index (χ2v) is 8.38. The van der Waals surface area contributed by atoms with Crippen molar-refractivity contribution in [3.8, 4) is 0 Å². The molecule has 0 aliphatic carbocycles. The molecule has 1 atom stereocenters. The Kier molecular flexibility index (Phi) is 7.21. The number of esters is 1. The second kappa shape index (κ2) is 9.23. The van der Waals surface area contributed by atoms with E-state index in [0.29, 0.717) is 0 Å². The molecule has 10 heteroatoms. The summed E-state index contributed by atoms with van der Waals surface area (Å²) >= 11 is 6.00. The molecule has 0 fully saturated rings. The molecular weight excluding hydrogens is 423 g/mol. The number of rotatable bonds is 7. The van der Waals surface area contributed by atoms with Gasteiger partial charge in [-0.2, -0.15) is 0 Å². The first kappa shape index (κ1) is 22.6. The second-order valence-electron chi connectivity index (χ2n) is 6.12. The van der Waals surface area contributed by atoms with Crippen LogP contribution in [0.5, 0.6) is 0 Å². The van der Waals surface area contributed by atoms with Gasteiger partial charge < -0.3 is 10.1 Å². The van der Waals surface area contributed by atoms with Gasteiger partial charge in [0.05, 0.1) is 29.1 Å². The van der Waals surface area contributed by atoms with Crippen molar-refractivity contribution in [2.24, 2.45) is 0 Å². The number of sulfonamides is 1. The van der Waals surface area contributed by atoms with Crippen molar-refractivity contribution in [3.63, 3.8) is 0 Å². The molecule has 0 radical (unpaired) electrons. The van der Waals surface area contributed by atoms with Crippen LogP contribution in [-0.2, 0) is 19.6 Å². The van der Waals surface area contributed by atoms with Gasteiger partial charge in [0.2, 0.25) is 15.9 Å². The number of benzene rings is 2. The lowest BCUT2D eigenvalue weighted by Gasteiger charge is -2.28. The highest BCUT2D eigenvalue weighted by atomic mass is 35.5. The molecule has 29 heavy (non-hydrogen) atoms. The standard InChI is InChI=1S/C19H20ClFN2O5S/c1-4-28-19(25)16-11-14(7-10-17(16)20)22-18(24)12(2)23(29(3,26)27)15-8-5-13(21)6-9-15/h5-12H,4H2,1-3H3,(H,22,24). The van der Waals surface area contributed by atoms with Crippen molar-refractivity contribution in [1.82, 2.24) is 0 Å². The topological polar surface area (TPSA) is 92.8 Å². The Morgan fingerprint density at radius 1 is 1.21 bits per heavy atom. The molecule has 7 nitrogen and oxygen atoms in total. The monoisotopic (exact) mass is 442 g/mol. The van der Waals surface area contributed by atoms with Crippen LogP contribution in [0.25, 0.3) is 0 Å². The van der Waals surface area contributed by atoms with E-state index < -0.39 is 33.8 Å². The van der Waals surface area contributed by atoms with Crippen LogP contribution in [0, 0.1) is 5.82 Å². The summed E-state index contributed by atoms with van der Waals surface area (Å²) in [6.07, 6.45) is 0.946. The third kappa shape index (κ3) is 5.68. The first-order chi connectivity index (χ1) is 13.5. The average molecular weight is 443 g/mol. The predicted octanol–water partition coefficient (Wildman–Crippen LogP) is 3.45. The van der Waals surface area contributed by atoms with Crippen LogP contribution in [0.4, 0.5) is 15.8 Å². The summed E-state index contributed by atoms with van der Waals surface area (Å²) in [6, 6.07) is 7.81. The third-order valence-electron chi connectivity index (χ3n) is 3.90. The Labute approximate surface area is 173 Å². The van der Waals surface area contributed by atoms with Gasteiger partial charge in [-0.25, -0.2) is 17.6 Å². The number of amides is 1. The molecule has 0 spiro atoms. The molecule has 2 aromatic carbocycles. The van der Waals surface area contributed by atoms with E-state index in [2.05, 4.69) is 5.32 Å². The SMILES string of the molecule is CCOC(=O)c1cc(NC(=O)C(C)N(c2ccc(F)cc2)S(C)(=O)=O)ccc1Cl. The minimum atomic E-state index is -3.85. The molecule has 0 bridgehead atoms. The van der Waals surface area contributed by atoms with E-state index in [-0.39, 0.29) is 28.6 Å². The molecule has 0 saturated carbocycles. The van der Waals surface area contributed by atoms with E-state index >= 15 is 0 Å². The van der Waals surface area contributed by atoms with Gasteiger partial charge in [0.15, 0.2) is 0 Å². The van der Waals surface area contributed by atoms with Crippen LogP contribution in [-0.4, -0.2) is 39.2 Å². The molecule has 0 heterocycles. The lowest BCUT2D eigenvalue weighted by atomic mass is 10.2. The van der Waals surface area contributed by atoms with Crippen LogP contribution in [0.15, 0.2) is 42.5 Å².